The van der Waals surface area contributed by atoms with E-state index in [0.717, 1.165) is 25.4 Å². The van der Waals surface area contributed by atoms with Crippen LogP contribution < -0.4 is 0 Å². The van der Waals surface area contributed by atoms with E-state index in [1.54, 1.807) is 0 Å². The molecule has 0 aromatic heterocycles. The molecule has 1 saturated carbocycles. The Bertz CT molecular complexity index is 529. The van der Waals surface area contributed by atoms with Gasteiger partial charge in [-0.2, -0.15) is 5.26 Å². The molecular weight excluding hydrogens is 263 g/mol. The van der Waals surface area contributed by atoms with Crippen LogP contribution in [0.5, 0.6) is 0 Å². The van der Waals surface area contributed by atoms with Gasteiger partial charge in [0.15, 0.2) is 0 Å². The third kappa shape index (κ3) is 3.27. The number of halogens is 1. The zero-order valence-corrected chi connectivity index (χ0v) is 12.7. The van der Waals surface area contributed by atoms with E-state index in [1.165, 1.54) is 24.0 Å². The van der Waals surface area contributed by atoms with Gasteiger partial charge >= 0.3 is 0 Å². The standard InChI is InChI=1S/C18H23FN2/c1-18(8-10-20)9-11-21(13-17(18)19)12-14-2-4-15(5-3-14)16-6-7-16/h2-5,16-17H,6-9,11-13H2,1H3. The molecule has 2 unspecified atom stereocenters. The van der Waals surface area contributed by atoms with Crippen molar-refractivity contribution in [2.24, 2.45) is 5.41 Å². The quantitative estimate of drug-likeness (QED) is 0.835. The molecule has 1 aromatic rings. The van der Waals surface area contributed by atoms with E-state index >= 15 is 0 Å². The smallest absolute Gasteiger partial charge is 0.119 e. The zero-order chi connectivity index (χ0) is 14.9. The average molecular weight is 286 g/mol. The summed E-state index contributed by atoms with van der Waals surface area (Å²) in [4.78, 5) is 2.18. The number of likely N-dealkylation sites (tertiary alicyclic amines) is 1. The van der Waals surface area contributed by atoms with Crippen molar-refractivity contribution in [2.45, 2.75) is 51.2 Å². The van der Waals surface area contributed by atoms with E-state index < -0.39 is 11.6 Å². The highest BCUT2D eigenvalue weighted by atomic mass is 19.1. The summed E-state index contributed by atoms with van der Waals surface area (Å²) in [5.41, 5.74) is 2.25. The van der Waals surface area contributed by atoms with Gasteiger partial charge < -0.3 is 0 Å². The van der Waals surface area contributed by atoms with Gasteiger partial charge in [-0.25, -0.2) is 4.39 Å². The molecule has 2 aliphatic rings. The van der Waals surface area contributed by atoms with Crippen molar-refractivity contribution in [1.82, 2.24) is 4.90 Å². The van der Waals surface area contributed by atoms with E-state index in [1.807, 2.05) is 6.92 Å². The largest absolute Gasteiger partial charge is 0.296 e. The monoisotopic (exact) mass is 286 g/mol. The first-order valence-corrected chi connectivity index (χ1v) is 7.93. The molecule has 112 valence electrons. The normalized spacial score (nSPS) is 30.0. The molecule has 2 atom stereocenters. The first-order chi connectivity index (χ1) is 10.1. The number of nitriles is 1. The maximum absolute atomic E-state index is 14.4. The second-order valence-corrected chi connectivity index (χ2v) is 6.96. The summed E-state index contributed by atoms with van der Waals surface area (Å²) in [6.45, 7) is 4.04. The first-order valence-electron chi connectivity index (χ1n) is 7.93. The summed E-state index contributed by atoms with van der Waals surface area (Å²) < 4.78 is 14.4. The van der Waals surface area contributed by atoms with E-state index in [2.05, 4.69) is 35.2 Å². The molecule has 0 bridgehead atoms. The summed E-state index contributed by atoms with van der Waals surface area (Å²) in [7, 11) is 0. The van der Waals surface area contributed by atoms with E-state index in [0.29, 0.717) is 13.0 Å². The number of piperidine rings is 1. The van der Waals surface area contributed by atoms with Crippen LogP contribution in [0.4, 0.5) is 4.39 Å². The minimum atomic E-state index is -0.906. The maximum Gasteiger partial charge on any atom is 0.119 e. The van der Waals surface area contributed by atoms with Gasteiger partial charge in [-0.1, -0.05) is 31.2 Å². The Labute approximate surface area is 126 Å². The Hall–Kier alpha value is -1.40. The molecule has 0 N–H and O–H groups in total. The fourth-order valence-electron chi connectivity index (χ4n) is 3.20. The van der Waals surface area contributed by atoms with Gasteiger partial charge in [0.1, 0.15) is 6.17 Å². The Balaban J connectivity index is 1.58. The Kier molecular flexibility index (Phi) is 3.99. The van der Waals surface area contributed by atoms with Crippen molar-refractivity contribution in [3.05, 3.63) is 35.4 Å². The van der Waals surface area contributed by atoms with Gasteiger partial charge in [0.05, 0.1) is 6.07 Å². The Morgan fingerprint density at radius 3 is 2.62 bits per heavy atom. The number of hydrogen-bond donors (Lipinski definition) is 0. The predicted octanol–water partition coefficient (Wildman–Crippen LogP) is 4.03. The lowest BCUT2D eigenvalue weighted by atomic mass is 9.76. The van der Waals surface area contributed by atoms with Crippen LogP contribution in [0.2, 0.25) is 0 Å². The van der Waals surface area contributed by atoms with Crippen molar-refractivity contribution < 1.29 is 4.39 Å². The van der Waals surface area contributed by atoms with Crippen LogP contribution in [0.1, 0.15) is 49.7 Å². The molecule has 3 rings (SSSR count). The summed E-state index contributed by atoms with van der Waals surface area (Å²) in [6, 6.07) is 11.0. The van der Waals surface area contributed by atoms with Crippen molar-refractivity contribution in [2.75, 3.05) is 13.1 Å². The number of nitrogens with zero attached hydrogens (tertiary/aromatic N) is 2. The molecule has 1 aliphatic heterocycles. The number of alkyl halides is 1. The summed E-state index contributed by atoms with van der Waals surface area (Å²) in [5.74, 6) is 0.788. The maximum atomic E-state index is 14.4. The highest BCUT2D eigenvalue weighted by Gasteiger charge is 2.39. The molecule has 0 amide bonds. The van der Waals surface area contributed by atoms with E-state index in [9.17, 15) is 4.39 Å². The van der Waals surface area contributed by atoms with Crippen LogP contribution in [-0.4, -0.2) is 24.2 Å². The lowest BCUT2D eigenvalue weighted by molar-refractivity contribution is 0.0186. The third-order valence-electron chi connectivity index (χ3n) is 5.09. The van der Waals surface area contributed by atoms with Crippen LogP contribution in [0.15, 0.2) is 24.3 Å². The Morgan fingerprint density at radius 2 is 2.05 bits per heavy atom. The van der Waals surface area contributed by atoms with Gasteiger partial charge in [0.25, 0.3) is 0 Å². The van der Waals surface area contributed by atoms with Crippen molar-refractivity contribution >= 4 is 0 Å². The van der Waals surface area contributed by atoms with Gasteiger partial charge in [-0.05, 0) is 42.9 Å². The minimum Gasteiger partial charge on any atom is -0.296 e. The topological polar surface area (TPSA) is 27.0 Å². The van der Waals surface area contributed by atoms with Crippen LogP contribution >= 0.6 is 0 Å². The molecule has 3 heteroatoms. The molecule has 1 saturated heterocycles. The SMILES string of the molecule is CC1(CC#N)CCN(Cc2ccc(C3CC3)cc2)CC1F. The van der Waals surface area contributed by atoms with Crippen LogP contribution in [-0.2, 0) is 6.54 Å². The molecule has 0 radical (unpaired) electrons. The predicted molar refractivity (Wildman–Crippen MR) is 81.5 cm³/mol. The fourth-order valence-corrected chi connectivity index (χ4v) is 3.20. The molecule has 1 aliphatic carbocycles. The highest BCUT2D eigenvalue weighted by Crippen LogP contribution is 2.40. The van der Waals surface area contributed by atoms with Crippen molar-refractivity contribution in [3.8, 4) is 6.07 Å². The molecule has 1 heterocycles. The highest BCUT2D eigenvalue weighted by molar-refractivity contribution is 5.28. The van der Waals surface area contributed by atoms with E-state index in [-0.39, 0.29) is 0 Å². The molecule has 0 spiro atoms. The Morgan fingerprint density at radius 1 is 1.33 bits per heavy atom. The van der Waals surface area contributed by atoms with E-state index in [4.69, 9.17) is 5.26 Å². The number of benzene rings is 1. The molecular formula is C18H23FN2. The minimum absolute atomic E-state index is 0.318. The molecule has 21 heavy (non-hydrogen) atoms. The van der Waals surface area contributed by atoms with Gasteiger partial charge in [0, 0.05) is 24.9 Å². The van der Waals surface area contributed by atoms with Gasteiger partial charge in [-0.15, -0.1) is 0 Å². The zero-order valence-electron chi connectivity index (χ0n) is 12.7. The number of rotatable bonds is 4. The summed E-state index contributed by atoms with van der Waals surface area (Å²) in [6.07, 6.45) is 2.83. The third-order valence-corrected chi connectivity index (χ3v) is 5.09. The second kappa shape index (κ2) is 5.77. The first kappa shape index (κ1) is 14.5. The van der Waals surface area contributed by atoms with Crippen molar-refractivity contribution in [1.29, 1.82) is 5.26 Å². The lowest BCUT2D eigenvalue weighted by Crippen LogP contribution is -2.47. The second-order valence-electron chi connectivity index (χ2n) is 6.96. The molecule has 2 nitrogen and oxygen atoms in total. The summed E-state index contributed by atoms with van der Waals surface area (Å²) >= 11 is 0. The van der Waals surface area contributed by atoms with Gasteiger partial charge in [0.2, 0.25) is 0 Å². The van der Waals surface area contributed by atoms with Gasteiger partial charge in [-0.3, -0.25) is 4.90 Å². The van der Waals surface area contributed by atoms with Crippen LogP contribution in [0, 0.1) is 16.7 Å². The fraction of sp³-hybridized carbons (Fsp3) is 0.611. The summed E-state index contributed by atoms with van der Waals surface area (Å²) in [5, 5.41) is 8.85. The average Bonchev–Trinajstić information content (AvgIpc) is 3.29. The number of hydrogen-bond acceptors (Lipinski definition) is 2. The molecule has 1 aromatic carbocycles. The van der Waals surface area contributed by atoms with Crippen molar-refractivity contribution in [3.63, 3.8) is 0 Å². The molecule has 2 fully saturated rings. The van der Waals surface area contributed by atoms with Crippen LogP contribution in [0.3, 0.4) is 0 Å². The van der Waals surface area contributed by atoms with Crippen LogP contribution in [0.25, 0.3) is 0 Å². The lowest BCUT2D eigenvalue weighted by Gasteiger charge is -2.41.